The summed E-state index contributed by atoms with van der Waals surface area (Å²) in [7, 11) is 1.75. The highest BCUT2D eigenvalue weighted by Crippen LogP contribution is 2.20. The molecule has 0 atom stereocenters. The summed E-state index contributed by atoms with van der Waals surface area (Å²) in [5.41, 5.74) is 6.27. The van der Waals surface area contributed by atoms with Crippen LogP contribution in [0.1, 0.15) is 0 Å². The molecule has 1 heterocycles. The third-order valence-corrected chi connectivity index (χ3v) is 1.96. The second-order valence-corrected chi connectivity index (χ2v) is 3.14. The van der Waals surface area contributed by atoms with E-state index in [1.165, 1.54) is 0 Å². The summed E-state index contributed by atoms with van der Waals surface area (Å²) in [5, 5.41) is 2.84. The number of hydrogen-bond acceptors (Lipinski definition) is 5. The van der Waals surface area contributed by atoms with E-state index in [1.54, 1.807) is 43.6 Å². The number of ether oxygens (including phenoxy) is 1. The van der Waals surface area contributed by atoms with Gasteiger partial charge in [0.05, 0.1) is 0 Å². The monoisotopic (exact) mass is 216 g/mol. The molecule has 1 aromatic heterocycles. The molecule has 0 saturated heterocycles. The molecule has 2 rings (SSSR count). The van der Waals surface area contributed by atoms with E-state index in [9.17, 15) is 0 Å². The van der Waals surface area contributed by atoms with Gasteiger partial charge in [-0.2, -0.15) is 4.98 Å². The Hall–Kier alpha value is -2.30. The summed E-state index contributed by atoms with van der Waals surface area (Å²) in [5.74, 6) is 1.70. The standard InChI is InChI=1S/C11H12N4O/c1-13-11-14-7-6-10(15-11)16-9-4-2-8(12)3-5-9/h2-7H,12H2,1H3,(H,13,14,15). The first-order valence-corrected chi connectivity index (χ1v) is 4.82. The molecular formula is C11H12N4O. The second-order valence-electron chi connectivity index (χ2n) is 3.14. The van der Waals surface area contributed by atoms with Crippen LogP contribution < -0.4 is 15.8 Å². The molecule has 0 fully saturated rings. The van der Waals surface area contributed by atoms with Gasteiger partial charge >= 0.3 is 0 Å². The maximum Gasteiger partial charge on any atom is 0.225 e. The molecule has 3 N–H and O–H groups in total. The predicted octanol–water partition coefficient (Wildman–Crippen LogP) is 1.89. The Labute approximate surface area is 93.3 Å². The molecule has 16 heavy (non-hydrogen) atoms. The topological polar surface area (TPSA) is 73.1 Å². The van der Waals surface area contributed by atoms with Gasteiger partial charge < -0.3 is 15.8 Å². The fourth-order valence-electron chi connectivity index (χ4n) is 1.18. The van der Waals surface area contributed by atoms with Crippen molar-refractivity contribution in [2.24, 2.45) is 0 Å². The highest BCUT2D eigenvalue weighted by molar-refractivity contribution is 5.42. The molecule has 2 aromatic rings. The molecule has 0 amide bonds. The maximum atomic E-state index is 5.57. The number of aromatic nitrogens is 2. The van der Waals surface area contributed by atoms with Gasteiger partial charge in [-0.3, -0.25) is 0 Å². The van der Waals surface area contributed by atoms with E-state index in [4.69, 9.17) is 10.5 Å². The second kappa shape index (κ2) is 4.48. The van der Waals surface area contributed by atoms with Crippen LogP contribution in [0.3, 0.4) is 0 Å². The quantitative estimate of drug-likeness (QED) is 0.766. The number of rotatable bonds is 3. The molecule has 82 valence electrons. The summed E-state index contributed by atoms with van der Waals surface area (Å²) in [6, 6.07) is 8.81. The lowest BCUT2D eigenvalue weighted by Gasteiger charge is -2.05. The first kappa shape index (κ1) is 10.2. The van der Waals surface area contributed by atoms with Gasteiger partial charge in [0.1, 0.15) is 5.75 Å². The minimum atomic E-state index is 0.490. The average Bonchev–Trinajstić information content (AvgIpc) is 2.32. The third-order valence-electron chi connectivity index (χ3n) is 1.96. The lowest BCUT2D eigenvalue weighted by atomic mass is 10.3. The molecular weight excluding hydrogens is 204 g/mol. The largest absolute Gasteiger partial charge is 0.439 e. The SMILES string of the molecule is CNc1nccc(Oc2ccc(N)cc2)n1. The van der Waals surface area contributed by atoms with Gasteiger partial charge in [-0.05, 0) is 24.3 Å². The van der Waals surface area contributed by atoms with Crippen LogP contribution in [0.15, 0.2) is 36.5 Å². The number of nitrogens with two attached hydrogens (primary N) is 1. The van der Waals surface area contributed by atoms with Gasteiger partial charge in [0.15, 0.2) is 0 Å². The van der Waals surface area contributed by atoms with E-state index in [2.05, 4.69) is 15.3 Å². The lowest BCUT2D eigenvalue weighted by Crippen LogP contribution is -1.97. The molecule has 0 bridgehead atoms. The normalized spacial score (nSPS) is 9.81. The van der Waals surface area contributed by atoms with Crippen molar-refractivity contribution in [3.8, 4) is 11.6 Å². The van der Waals surface area contributed by atoms with Gasteiger partial charge in [0.2, 0.25) is 11.8 Å². The predicted molar refractivity (Wildman–Crippen MR) is 62.5 cm³/mol. The van der Waals surface area contributed by atoms with E-state index >= 15 is 0 Å². The summed E-state index contributed by atoms with van der Waals surface area (Å²) in [4.78, 5) is 8.12. The van der Waals surface area contributed by atoms with Crippen molar-refractivity contribution >= 4 is 11.6 Å². The van der Waals surface area contributed by atoms with Crippen LogP contribution in [-0.4, -0.2) is 17.0 Å². The van der Waals surface area contributed by atoms with Crippen molar-refractivity contribution in [3.63, 3.8) is 0 Å². The first-order chi connectivity index (χ1) is 7.78. The van der Waals surface area contributed by atoms with E-state index in [1.807, 2.05) is 0 Å². The highest BCUT2D eigenvalue weighted by atomic mass is 16.5. The fourth-order valence-corrected chi connectivity index (χ4v) is 1.18. The number of anilines is 2. The summed E-state index contributed by atoms with van der Waals surface area (Å²) in [6.45, 7) is 0. The van der Waals surface area contributed by atoms with Gasteiger partial charge in [0.25, 0.3) is 0 Å². The Balaban J connectivity index is 2.16. The Bertz CT molecular complexity index is 470. The van der Waals surface area contributed by atoms with Crippen molar-refractivity contribution in [2.45, 2.75) is 0 Å². The average molecular weight is 216 g/mol. The van der Waals surface area contributed by atoms with Crippen molar-refractivity contribution in [3.05, 3.63) is 36.5 Å². The molecule has 0 spiro atoms. The smallest absolute Gasteiger partial charge is 0.225 e. The van der Waals surface area contributed by atoms with E-state index < -0.39 is 0 Å². The third kappa shape index (κ3) is 2.38. The van der Waals surface area contributed by atoms with Crippen LogP contribution in [-0.2, 0) is 0 Å². The van der Waals surface area contributed by atoms with Crippen LogP contribution in [0.5, 0.6) is 11.6 Å². The number of nitrogens with zero attached hydrogens (tertiary/aromatic N) is 2. The van der Waals surface area contributed by atoms with Gasteiger partial charge in [0, 0.05) is 25.0 Å². The van der Waals surface area contributed by atoms with Crippen LogP contribution in [0, 0.1) is 0 Å². The Morgan fingerprint density at radius 2 is 1.94 bits per heavy atom. The molecule has 5 nitrogen and oxygen atoms in total. The number of nitrogens with one attached hydrogen (secondary N) is 1. The van der Waals surface area contributed by atoms with Crippen molar-refractivity contribution in [1.82, 2.24) is 9.97 Å². The number of nitrogen functional groups attached to an aromatic ring is 1. The molecule has 1 aromatic carbocycles. The zero-order valence-electron chi connectivity index (χ0n) is 8.84. The summed E-state index contributed by atoms with van der Waals surface area (Å²) >= 11 is 0. The minimum absolute atomic E-state index is 0.490. The molecule has 0 unspecified atom stereocenters. The Morgan fingerprint density at radius 1 is 1.19 bits per heavy atom. The first-order valence-electron chi connectivity index (χ1n) is 4.82. The summed E-state index contributed by atoms with van der Waals surface area (Å²) < 4.78 is 5.53. The van der Waals surface area contributed by atoms with E-state index in [-0.39, 0.29) is 0 Å². The Kier molecular flexibility index (Phi) is 2.86. The van der Waals surface area contributed by atoms with Gasteiger partial charge in [-0.25, -0.2) is 4.98 Å². The molecule has 0 radical (unpaired) electrons. The van der Waals surface area contributed by atoms with Crippen LogP contribution >= 0.6 is 0 Å². The molecule has 5 heteroatoms. The zero-order chi connectivity index (χ0) is 11.4. The summed E-state index contributed by atoms with van der Waals surface area (Å²) in [6.07, 6.45) is 1.63. The van der Waals surface area contributed by atoms with Crippen molar-refractivity contribution in [1.29, 1.82) is 0 Å². The van der Waals surface area contributed by atoms with E-state index in [0.717, 1.165) is 0 Å². The molecule has 0 aliphatic heterocycles. The van der Waals surface area contributed by atoms with Gasteiger partial charge in [-0.15, -0.1) is 0 Å². The van der Waals surface area contributed by atoms with Crippen LogP contribution in [0.25, 0.3) is 0 Å². The Morgan fingerprint density at radius 3 is 2.62 bits per heavy atom. The van der Waals surface area contributed by atoms with Crippen molar-refractivity contribution < 1.29 is 4.74 Å². The van der Waals surface area contributed by atoms with Crippen LogP contribution in [0.2, 0.25) is 0 Å². The lowest BCUT2D eigenvalue weighted by molar-refractivity contribution is 0.462. The van der Waals surface area contributed by atoms with Crippen LogP contribution in [0.4, 0.5) is 11.6 Å². The minimum Gasteiger partial charge on any atom is -0.439 e. The molecule has 0 aliphatic carbocycles. The zero-order valence-corrected chi connectivity index (χ0v) is 8.84. The number of benzene rings is 1. The molecule has 0 saturated carbocycles. The fraction of sp³-hybridized carbons (Fsp3) is 0.0909. The molecule has 0 aliphatic rings. The highest BCUT2D eigenvalue weighted by Gasteiger charge is 2.00. The van der Waals surface area contributed by atoms with Crippen molar-refractivity contribution in [2.75, 3.05) is 18.1 Å². The van der Waals surface area contributed by atoms with Gasteiger partial charge in [-0.1, -0.05) is 0 Å². The van der Waals surface area contributed by atoms with E-state index in [0.29, 0.717) is 23.3 Å². The maximum absolute atomic E-state index is 5.57. The number of hydrogen-bond donors (Lipinski definition) is 2.